The highest BCUT2D eigenvalue weighted by Crippen LogP contribution is 2.30. The fraction of sp³-hybridized carbons (Fsp3) is 0.571. The molecule has 2 aromatic heterocycles. The Bertz CT molecular complexity index is 592. The minimum atomic E-state index is 0.441. The van der Waals surface area contributed by atoms with Crippen LogP contribution in [-0.2, 0) is 4.74 Å². The molecule has 6 heteroatoms. The van der Waals surface area contributed by atoms with Crippen LogP contribution in [-0.4, -0.2) is 35.8 Å². The average molecular weight is 292 g/mol. The zero-order valence-electron chi connectivity index (χ0n) is 11.9. The lowest BCUT2D eigenvalue weighted by Crippen LogP contribution is -2.28. The normalized spacial score (nSPS) is 16.5. The molecule has 5 nitrogen and oxygen atoms in total. The van der Waals surface area contributed by atoms with Crippen molar-refractivity contribution in [2.75, 3.05) is 30.4 Å². The molecule has 1 aliphatic heterocycles. The summed E-state index contributed by atoms with van der Waals surface area (Å²) >= 11 is 1.71. The Labute approximate surface area is 122 Å². The van der Waals surface area contributed by atoms with Crippen molar-refractivity contribution in [2.45, 2.75) is 32.7 Å². The lowest BCUT2D eigenvalue weighted by molar-refractivity contribution is 0.0904. The summed E-state index contributed by atoms with van der Waals surface area (Å²) in [6.45, 7) is 6.64. The molecule has 1 aliphatic rings. The molecule has 0 spiro atoms. The number of thiophene rings is 1. The van der Waals surface area contributed by atoms with E-state index in [2.05, 4.69) is 40.5 Å². The molecule has 3 rings (SSSR count). The first-order valence-electron chi connectivity index (χ1n) is 7.12. The van der Waals surface area contributed by atoms with Crippen LogP contribution in [0.3, 0.4) is 0 Å². The van der Waals surface area contributed by atoms with E-state index in [0.29, 0.717) is 12.0 Å². The van der Waals surface area contributed by atoms with Gasteiger partial charge in [-0.25, -0.2) is 4.98 Å². The largest absolute Gasteiger partial charge is 0.381 e. The van der Waals surface area contributed by atoms with Crippen LogP contribution in [0.5, 0.6) is 0 Å². The van der Waals surface area contributed by atoms with Crippen molar-refractivity contribution in [3.63, 3.8) is 0 Å². The van der Waals surface area contributed by atoms with Gasteiger partial charge in [0.05, 0.1) is 5.39 Å². The van der Waals surface area contributed by atoms with Gasteiger partial charge in [-0.2, -0.15) is 4.98 Å². The number of nitrogens with one attached hydrogen (secondary N) is 2. The summed E-state index contributed by atoms with van der Waals surface area (Å²) in [5, 5.41) is 7.90. The van der Waals surface area contributed by atoms with Crippen molar-refractivity contribution in [3.05, 3.63) is 10.9 Å². The lowest BCUT2D eigenvalue weighted by Gasteiger charge is -2.24. The number of rotatable bonds is 4. The van der Waals surface area contributed by atoms with E-state index in [4.69, 9.17) is 4.74 Å². The molecule has 20 heavy (non-hydrogen) atoms. The van der Waals surface area contributed by atoms with E-state index in [-0.39, 0.29) is 0 Å². The monoisotopic (exact) mass is 292 g/mol. The first-order valence-corrected chi connectivity index (χ1v) is 7.94. The van der Waals surface area contributed by atoms with Crippen LogP contribution in [0.25, 0.3) is 10.2 Å². The zero-order valence-corrected chi connectivity index (χ0v) is 12.7. The second-order valence-corrected chi connectivity index (χ2v) is 6.27. The topological polar surface area (TPSA) is 59.1 Å². The van der Waals surface area contributed by atoms with Crippen molar-refractivity contribution in [1.82, 2.24) is 9.97 Å². The number of hydrogen-bond acceptors (Lipinski definition) is 6. The highest BCUT2D eigenvalue weighted by molar-refractivity contribution is 7.18. The van der Waals surface area contributed by atoms with Crippen LogP contribution in [0.2, 0.25) is 0 Å². The molecule has 0 radical (unpaired) electrons. The predicted molar refractivity (Wildman–Crippen MR) is 83.8 cm³/mol. The van der Waals surface area contributed by atoms with Gasteiger partial charge in [0, 0.05) is 30.7 Å². The van der Waals surface area contributed by atoms with Crippen molar-refractivity contribution < 1.29 is 4.74 Å². The van der Waals surface area contributed by atoms with E-state index in [1.807, 2.05) is 0 Å². The van der Waals surface area contributed by atoms with Gasteiger partial charge in [0.25, 0.3) is 0 Å². The molecule has 0 unspecified atom stereocenters. The molecule has 1 fully saturated rings. The fourth-order valence-corrected chi connectivity index (χ4v) is 3.30. The Hall–Kier alpha value is -1.40. The molecular weight excluding hydrogens is 272 g/mol. The number of fused-ring (bicyclic) bond motifs is 1. The highest BCUT2D eigenvalue weighted by Gasteiger charge is 2.17. The Balaban J connectivity index is 1.93. The lowest BCUT2D eigenvalue weighted by atomic mass is 10.1. The molecule has 0 aromatic carbocycles. The van der Waals surface area contributed by atoms with Gasteiger partial charge < -0.3 is 15.4 Å². The summed E-state index contributed by atoms with van der Waals surface area (Å²) in [6.07, 6.45) is 2.07. The maximum atomic E-state index is 5.41. The van der Waals surface area contributed by atoms with E-state index >= 15 is 0 Å². The van der Waals surface area contributed by atoms with Crippen molar-refractivity contribution >= 4 is 33.3 Å². The van der Waals surface area contributed by atoms with Crippen LogP contribution >= 0.6 is 11.3 Å². The Morgan fingerprint density at radius 3 is 2.90 bits per heavy atom. The summed E-state index contributed by atoms with van der Waals surface area (Å²) in [4.78, 5) is 11.5. The summed E-state index contributed by atoms with van der Waals surface area (Å²) in [5.41, 5.74) is 0. The quantitative estimate of drug-likeness (QED) is 0.907. The van der Waals surface area contributed by atoms with Gasteiger partial charge in [-0.1, -0.05) is 0 Å². The van der Waals surface area contributed by atoms with Crippen LogP contribution in [0.4, 0.5) is 11.8 Å². The Morgan fingerprint density at radius 2 is 2.15 bits per heavy atom. The number of hydrogen-bond donors (Lipinski definition) is 2. The van der Waals surface area contributed by atoms with E-state index in [1.165, 1.54) is 4.88 Å². The minimum absolute atomic E-state index is 0.441. The maximum Gasteiger partial charge on any atom is 0.226 e. The molecule has 0 atom stereocenters. The second kappa shape index (κ2) is 5.93. The minimum Gasteiger partial charge on any atom is -0.381 e. The Morgan fingerprint density at radius 1 is 1.35 bits per heavy atom. The summed E-state index contributed by atoms with van der Waals surface area (Å²) in [7, 11) is 0. The fourth-order valence-electron chi connectivity index (χ4n) is 2.42. The van der Waals surface area contributed by atoms with Gasteiger partial charge in [-0.15, -0.1) is 11.3 Å². The van der Waals surface area contributed by atoms with Crippen LogP contribution in [0, 0.1) is 6.92 Å². The summed E-state index contributed by atoms with van der Waals surface area (Å²) in [6, 6.07) is 2.61. The number of anilines is 2. The third kappa shape index (κ3) is 2.86. The number of ether oxygens (including phenoxy) is 1. The Kier molecular flexibility index (Phi) is 4.03. The van der Waals surface area contributed by atoms with Gasteiger partial charge in [0.1, 0.15) is 10.6 Å². The van der Waals surface area contributed by atoms with Crippen LogP contribution in [0.15, 0.2) is 6.07 Å². The summed E-state index contributed by atoms with van der Waals surface area (Å²) in [5.74, 6) is 1.65. The van der Waals surface area contributed by atoms with Crippen molar-refractivity contribution in [2.24, 2.45) is 0 Å². The molecule has 3 heterocycles. The smallest absolute Gasteiger partial charge is 0.226 e. The van der Waals surface area contributed by atoms with E-state index in [9.17, 15) is 0 Å². The standard InChI is InChI=1S/C14H20N4OS/c1-3-15-14-17-12(16-10-4-6-19-7-5-10)11-8-9(2)20-13(11)18-14/h8,10H,3-7H2,1-2H3,(H2,15,16,17,18). The number of aromatic nitrogens is 2. The van der Waals surface area contributed by atoms with Crippen molar-refractivity contribution in [3.8, 4) is 0 Å². The second-order valence-electron chi connectivity index (χ2n) is 5.03. The van der Waals surface area contributed by atoms with E-state index in [1.54, 1.807) is 11.3 Å². The van der Waals surface area contributed by atoms with Crippen LogP contribution in [0.1, 0.15) is 24.6 Å². The summed E-state index contributed by atoms with van der Waals surface area (Å²) < 4.78 is 5.41. The third-order valence-corrected chi connectivity index (χ3v) is 4.36. The van der Waals surface area contributed by atoms with Gasteiger partial charge in [0.2, 0.25) is 5.95 Å². The molecule has 1 saturated heterocycles. The predicted octanol–water partition coefficient (Wildman–Crippen LogP) is 3.02. The molecule has 0 bridgehead atoms. The molecule has 2 aromatic rings. The van der Waals surface area contributed by atoms with E-state index in [0.717, 1.165) is 48.6 Å². The molecule has 0 aliphatic carbocycles. The molecule has 2 N–H and O–H groups in total. The molecular formula is C14H20N4OS. The highest BCUT2D eigenvalue weighted by atomic mass is 32.1. The first-order chi connectivity index (χ1) is 9.76. The third-order valence-electron chi connectivity index (χ3n) is 3.41. The van der Waals surface area contributed by atoms with Gasteiger partial charge in [-0.05, 0) is 32.8 Å². The number of nitrogens with zero attached hydrogens (tertiary/aromatic N) is 2. The maximum absolute atomic E-state index is 5.41. The molecule has 108 valence electrons. The van der Waals surface area contributed by atoms with Gasteiger partial charge in [0.15, 0.2) is 0 Å². The molecule has 0 amide bonds. The average Bonchev–Trinajstić information content (AvgIpc) is 2.81. The van der Waals surface area contributed by atoms with E-state index < -0.39 is 0 Å². The van der Waals surface area contributed by atoms with Crippen molar-refractivity contribution in [1.29, 1.82) is 0 Å². The SMILES string of the molecule is CCNc1nc(NC2CCOCC2)c2cc(C)sc2n1. The molecule has 0 saturated carbocycles. The zero-order chi connectivity index (χ0) is 13.9. The van der Waals surface area contributed by atoms with Gasteiger partial charge in [-0.3, -0.25) is 0 Å². The van der Waals surface area contributed by atoms with Crippen LogP contribution < -0.4 is 10.6 Å². The number of aryl methyl sites for hydroxylation is 1. The first kappa shape index (κ1) is 13.6. The van der Waals surface area contributed by atoms with Gasteiger partial charge >= 0.3 is 0 Å².